The summed E-state index contributed by atoms with van der Waals surface area (Å²) >= 11 is 0. The van der Waals surface area contributed by atoms with Crippen LogP contribution < -0.4 is 5.73 Å². The number of nitrogens with two attached hydrogens (primary N) is 1. The third-order valence-corrected chi connectivity index (χ3v) is 3.80. The molecule has 0 aliphatic heterocycles. The van der Waals surface area contributed by atoms with Crippen molar-refractivity contribution in [2.45, 2.75) is 25.3 Å². The minimum atomic E-state index is -0.0563. The number of Topliss-reactive ketones (excluding diaryl/α,β-unsaturated/α-hetero) is 1. The van der Waals surface area contributed by atoms with E-state index in [2.05, 4.69) is 5.10 Å². The van der Waals surface area contributed by atoms with E-state index < -0.39 is 0 Å². The van der Waals surface area contributed by atoms with Gasteiger partial charge in [0, 0.05) is 12.0 Å². The fraction of sp³-hybridized carbons (Fsp3) is 0.333. The molecule has 1 heterocycles. The molecule has 1 aliphatic rings. The van der Waals surface area contributed by atoms with Crippen LogP contribution in [0, 0.1) is 5.92 Å². The van der Waals surface area contributed by atoms with Gasteiger partial charge in [0.15, 0.2) is 5.78 Å². The first-order valence-corrected chi connectivity index (χ1v) is 6.66. The van der Waals surface area contributed by atoms with Crippen LogP contribution in [0.25, 0.3) is 5.69 Å². The second kappa shape index (κ2) is 4.97. The highest BCUT2D eigenvalue weighted by molar-refractivity contribution is 5.97. The number of para-hydroxylation sites is 1. The molecule has 1 aromatic heterocycles. The van der Waals surface area contributed by atoms with Crippen LogP contribution in [0.3, 0.4) is 0 Å². The van der Waals surface area contributed by atoms with Crippen molar-refractivity contribution in [1.29, 1.82) is 0 Å². The third-order valence-electron chi connectivity index (χ3n) is 3.80. The SMILES string of the molecule is NC1CCCC1C(=O)c1ccnn1-c1ccccc1. The van der Waals surface area contributed by atoms with Crippen molar-refractivity contribution in [3.05, 3.63) is 48.3 Å². The Hall–Kier alpha value is -1.94. The van der Waals surface area contributed by atoms with Crippen LogP contribution in [-0.2, 0) is 0 Å². The highest BCUT2D eigenvalue weighted by Crippen LogP contribution is 2.27. The molecule has 4 nitrogen and oxygen atoms in total. The first-order chi connectivity index (χ1) is 9.27. The lowest BCUT2D eigenvalue weighted by Crippen LogP contribution is -2.31. The van der Waals surface area contributed by atoms with Crippen LogP contribution in [0.1, 0.15) is 29.8 Å². The summed E-state index contributed by atoms with van der Waals surface area (Å²) < 4.78 is 1.70. The van der Waals surface area contributed by atoms with Crippen LogP contribution in [0.5, 0.6) is 0 Å². The molecule has 98 valence electrons. The summed E-state index contributed by atoms with van der Waals surface area (Å²) in [6.45, 7) is 0. The number of hydrogen-bond acceptors (Lipinski definition) is 3. The molecule has 2 aromatic rings. The number of carbonyl (C=O) groups excluding carboxylic acids is 1. The molecule has 2 unspecified atom stereocenters. The van der Waals surface area contributed by atoms with Gasteiger partial charge >= 0.3 is 0 Å². The van der Waals surface area contributed by atoms with E-state index in [9.17, 15) is 4.79 Å². The zero-order valence-corrected chi connectivity index (χ0v) is 10.7. The molecule has 1 fully saturated rings. The molecule has 1 aromatic carbocycles. The fourth-order valence-corrected chi connectivity index (χ4v) is 2.77. The summed E-state index contributed by atoms with van der Waals surface area (Å²) in [5.41, 5.74) is 7.56. The van der Waals surface area contributed by atoms with Crippen LogP contribution in [0.15, 0.2) is 42.6 Å². The van der Waals surface area contributed by atoms with Gasteiger partial charge in [-0.05, 0) is 31.0 Å². The molecular weight excluding hydrogens is 238 g/mol. The zero-order chi connectivity index (χ0) is 13.2. The first-order valence-electron chi connectivity index (χ1n) is 6.66. The van der Waals surface area contributed by atoms with Gasteiger partial charge in [0.05, 0.1) is 11.9 Å². The molecule has 2 N–H and O–H groups in total. The van der Waals surface area contributed by atoms with Gasteiger partial charge < -0.3 is 5.73 Å². The Bertz CT molecular complexity index is 576. The topological polar surface area (TPSA) is 60.9 Å². The highest BCUT2D eigenvalue weighted by Gasteiger charge is 2.32. The smallest absolute Gasteiger partial charge is 0.185 e. The lowest BCUT2D eigenvalue weighted by Gasteiger charge is -2.14. The molecule has 3 rings (SSSR count). The summed E-state index contributed by atoms with van der Waals surface area (Å²) in [5, 5.41) is 4.26. The minimum absolute atomic E-state index is 0.00776. The van der Waals surface area contributed by atoms with Gasteiger partial charge in [0.1, 0.15) is 5.69 Å². The number of benzene rings is 1. The minimum Gasteiger partial charge on any atom is -0.327 e. The number of hydrogen-bond donors (Lipinski definition) is 1. The average Bonchev–Trinajstić information content (AvgIpc) is 3.07. The Labute approximate surface area is 112 Å². The van der Waals surface area contributed by atoms with E-state index in [1.54, 1.807) is 16.9 Å². The molecule has 0 spiro atoms. The lowest BCUT2D eigenvalue weighted by atomic mass is 9.96. The van der Waals surface area contributed by atoms with Gasteiger partial charge in [0.25, 0.3) is 0 Å². The van der Waals surface area contributed by atoms with E-state index in [1.807, 2.05) is 30.3 Å². The Kier molecular flexibility index (Phi) is 3.17. The monoisotopic (exact) mass is 255 g/mol. The molecule has 19 heavy (non-hydrogen) atoms. The number of carbonyl (C=O) groups is 1. The van der Waals surface area contributed by atoms with Crippen LogP contribution in [0.2, 0.25) is 0 Å². The molecule has 0 radical (unpaired) electrons. The van der Waals surface area contributed by atoms with Gasteiger partial charge in [0.2, 0.25) is 0 Å². The molecule has 0 saturated heterocycles. The second-order valence-electron chi connectivity index (χ2n) is 5.03. The predicted octanol–water partition coefficient (Wildman–Crippen LogP) is 2.18. The van der Waals surface area contributed by atoms with E-state index in [4.69, 9.17) is 5.73 Å². The molecule has 2 atom stereocenters. The van der Waals surface area contributed by atoms with E-state index in [1.165, 1.54) is 0 Å². The maximum Gasteiger partial charge on any atom is 0.185 e. The van der Waals surface area contributed by atoms with Gasteiger partial charge in [-0.3, -0.25) is 4.79 Å². The second-order valence-corrected chi connectivity index (χ2v) is 5.03. The van der Waals surface area contributed by atoms with Crippen LogP contribution in [0.4, 0.5) is 0 Å². The summed E-state index contributed by atoms with van der Waals surface area (Å²) in [7, 11) is 0. The largest absolute Gasteiger partial charge is 0.327 e. The zero-order valence-electron chi connectivity index (χ0n) is 10.7. The Morgan fingerprint density at radius 2 is 2.00 bits per heavy atom. The lowest BCUT2D eigenvalue weighted by molar-refractivity contribution is 0.0905. The van der Waals surface area contributed by atoms with E-state index in [-0.39, 0.29) is 17.7 Å². The molecule has 1 saturated carbocycles. The summed E-state index contributed by atoms with van der Waals surface area (Å²) in [6, 6.07) is 11.5. The molecule has 0 bridgehead atoms. The van der Waals surface area contributed by atoms with Crippen molar-refractivity contribution < 1.29 is 4.79 Å². The van der Waals surface area contributed by atoms with Gasteiger partial charge in [-0.15, -0.1) is 0 Å². The van der Waals surface area contributed by atoms with Gasteiger partial charge in [-0.1, -0.05) is 24.6 Å². The number of ketones is 1. The van der Waals surface area contributed by atoms with Gasteiger partial charge in [-0.2, -0.15) is 5.10 Å². The highest BCUT2D eigenvalue weighted by atomic mass is 16.1. The molecule has 0 amide bonds. The number of nitrogens with zero attached hydrogens (tertiary/aromatic N) is 2. The van der Waals surface area contributed by atoms with E-state index in [0.717, 1.165) is 24.9 Å². The normalized spacial score (nSPS) is 22.6. The van der Waals surface area contributed by atoms with E-state index in [0.29, 0.717) is 5.69 Å². The fourth-order valence-electron chi connectivity index (χ4n) is 2.77. The Morgan fingerprint density at radius 1 is 1.21 bits per heavy atom. The summed E-state index contributed by atoms with van der Waals surface area (Å²) in [4.78, 5) is 12.6. The predicted molar refractivity (Wildman–Crippen MR) is 73.2 cm³/mol. The van der Waals surface area contributed by atoms with Crippen molar-refractivity contribution >= 4 is 5.78 Å². The summed E-state index contributed by atoms with van der Waals surface area (Å²) in [6.07, 6.45) is 4.54. The van der Waals surface area contributed by atoms with Crippen molar-refractivity contribution in [2.24, 2.45) is 11.7 Å². The van der Waals surface area contributed by atoms with Crippen molar-refractivity contribution in [2.75, 3.05) is 0 Å². The third kappa shape index (κ3) is 2.19. The average molecular weight is 255 g/mol. The maximum atomic E-state index is 12.6. The Balaban J connectivity index is 1.94. The quantitative estimate of drug-likeness (QED) is 0.855. The first kappa shape index (κ1) is 12.1. The Morgan fingerprint density at radius 3 is 2.68 bits per heavy atom. The number of aromatic nitrogens is 2. The van der Waals surface area contributed by atoms with Crippen molar-refractivity contribution in [3.8, 4) is 5.69 Å². The standard InChI is InChI=1S/C15H17N3O/c16-13-8-4-7-12(13)15(19)14-9-10-17-18(14)11-5-2-1-3-6-11/h1-3,5-6,9-10,12-13H,4,7-8,16H2. The summed E-state index contributed by atoms with van der Waals surface area (Å²) in [5.74, 6) is 0.0607. The number of rotatable bonds is 3. The van der Waals surface area contributed by atoms with Crippen molar-refractivity contribution in [3.63, 3.8) is 0 Å². The van der Waals surface area contributed by atoms with Crippen molar-refractivity contribution in [1.82, 2.24) is 9.78 Å². The molecule has 4 heteroatoms. The maximum absolute atomic E-state index is 12.6. The van der Waals surface area contributed by atoms with E-state index >= 15 is 0 Å². The van der Waals surface area contributed by atoms with Crippen LogP contribution in [-0.4, -0.2) is 21.6 Å². The van der Waals surface area contributed by atoms with Crippen LogP contribution >= 0.6 is 0 Å². The molecular formula is C15H17N3O. The van der Waals surface area contributed by atoms with Gasteiger partial charge in [-0.25, -0.2) is 4.68 Å². The molecule has 1 aliphatic carbocycles.